The quantitative estimate of drug-likeness (QED) is 0.807. The van der Waals surface area contributed by atoms with Crippen LogP contribution < -0.4 is 5.73 Å². The van der Waals surface area contributed by atoms with Gasteiger partial charge in [0.1, 0.15) is 0 Å². The lowest BCUT2D eigenvalue weighted by Gasteiger charge is -2.21. The number of fused-ring (bicyclic) bond motifs is 1. The lowest BCUT2D eigenvalue weighted by molar-refractivity contribution is -0.135. The van der Waals surface area contributed by atoms with Crippen LogP contribution in [0.15, 0.2) is 24.3 Å². The summed E-state index contributed by atoms with van der Waals surface area (Å²) in [6.45, 7) is 0. The van der Waals surface area contributed by atoms with E-state index in [1.807, 2.05) is 24.3 Å². The van der Waals surface area contributed by atoms with E-state index < -0.39 is 17.7 Å². The number of hydrogen-bond acceptors (Lipinski definition) is 2. The van der Waals surface area contributed by atoms with Crippen LogP contribution in [0.1, 0.15) is 17.0 Å². The number of benzene rings is 1. The predicted octanol–water partition coefficient (Wildman–Crippen LogP) is 0.516. The molecule has 2 amide bonds. The van der Waals surface area contributed by atoms with Crippen molar-refractivity contribution in [2.24, 2.45) is 11.7 Å². The molecule has 4 heteroatoms. The van der Waals surface area contributed by atoms with Gasteiger partial charge < -0.3 is 10.6 Å². The van der Waals surface area contributed by atoms with Crippen LogP contribution in [0.25, 0.3) is 0 Å². The van der Waals surface area contributed by atoms with E-state index in [1.165, 1.54) is 4.90 Å². The van der Waals surface area contributed by atoms with E-state index in [4.69, 9.17) is 5.73 Å². The van der Waals surface area contributed by atoms with Crippen LogP contribution in [-0.2, 0) is 16.0 Å². The zero-order chi connectivity index (χ0) is 12.6. The monoisotopic (exact) mass is 232 g/mol. The molecule has 0 radical (unpaired) electrons. The number of carbonyl (C=O) groups excluding carboxylic acids is 2. The third-order valence-electron chi connectivity index (χ3n) is 3.30. The topological polar surface area (TPSA) is 63.4 Å². The first-order valence-electron chi connectivity index (χ1n) is 5.60. The highest BCUT2D eigenvalue weighted by atomic mass is 16.2. The number of likely N-dealkylation sites (N-methyl/N-ethyl adjacent to an activating group) is 1. The first-order chi connectivity index (χ1) is 8.02. The van der Waals surface area contributed by atoms with Crippen molar-refractivity contribution in [1.29, 1.82) is 0 Å². The zero-order valence-corrected chi connectivity index (χ0v) is 10.0. The number of rotatable bonds is 2. The van der Waals surface area contributed by atoms with Gasteiger partial charge >= 0.3 is 0 Å². The second-order valence-electron chi connectivity index (χ2n) is 4.62. The number of nitrogens with two attached hydrogens (primary N) is 1. The van der Waals surface area contributed by atoms with Gasteiger partial charge in [0.2, 0.25) is 11.8 Å². The van der Waals surface area contributed by atoms with E-state index in [2.05, 4.69) is 0 Å². The molecule has 0 aromatic heterocycles. The molecule has 2 N–H and O–H groups in total. The zero-order valence-electron chi connectivity index (χ0n) is 10.0. The second-order valence-corrected chi connectivity index (χ2v) is 4.62. The predicted molar refractivity (Wildman–Crippen MR) is 64.3 cm³/mol. The Hall–Kier alpha value is -1.84. The van der Waals surface area contributed by atoms with Gasteiger partial charge in [-0.1, -0.05) is 24.3 Å². The molecular weight excluding hydrogens is 216 g/mol. The fourth-order valence-corrected chi connectivity index (χ4v) is 2.44. The Morgan fingerprint density at radius 2 is 1.94 bits per heavy atom. The first kappa shape index (κ1) is 11.6. The summed E-state index contributed by atoms with van der Waals surface area (Å²) in [5.74, 6) is -1.29. The Bertz CT molecular complexity index is 468. The van der Waals surface area contributed by atoms with Gasteiger partial charge in [0.25, 0.3) is 0 Å². The Balaban J connectivity index is 2.44. The highest BCUT2D eigenvalue weighted by Crippen LogP contribution is 2.38. The standard InChI is InChI=1S/C13H16N2O2/c1-15(2)13(17)11-9-6-4-3-5-8(9)7-10(11)12(14)16/h3-6,10-11H,7H2,1-2H3,(H2,14,16)/t10-,11-/m1/s1. The minimum absolute atomic E-state index is 0.0567. The molecule has 0 saturated carbocycles. The van der Waals surface area contributed by atoms with E-state index in [1.54, 1.807) is 14.1 Å². The minimum atomic E-state index is -0.418. The summed E-state index contributed by atoms with van der Waals surface area (Å²) >= 11 is 0. The lowest BCUT2D eigenvalue weighted by Crippen LogP contribution is -2.36. The lowest BCUT2D eigenvalue weighted by atomic mass is 9.91. The van der Waals surface area contributed by atoms with Crippen LogP contribution >= 0.6 is 0 Å². The molecule has 0 heterocycles. The van der Waals surface area contributed by atoms with E-state index in [0.717, 1.165) is 11.1 Å². The molecule has 1 aromatic carbocycles. The first-order valence-corrected chi connectivity index (χ1v) is 5.60. The summed E-state index contributed by atoms with van der Waals surface area (Å²) in [6, 6.07) is 7.66. The summed E-state index contributed by atoms with van der Waals surface area (Å²) in [5.41, 5.74) is 7.39. The van der Waals surface area contributed by atoms with Crippen LogP contribution in [0.4, 0.5) is 0 Å². The third kappa shape index (κ3) is 1.90. The van der Waals surface area contributed by atoms with Gasteiger partial charge in [0, 0.05) is 14.1 Å². The average molecular weight is 232 g/mol. The van der Waals surface area contributed by atoms with Gasteiger partial charge in [-0.05, 0) is 17.5 Å². The van der Waals surface area contributed by atoms with Crippen molar-refractivity contribution in [1.82, 2.24) is 4.90 Å². The van der Waals surface area contributed by atoms with Crippen molar-refractivity contribution >= 4 is 11.8 Å². The van der Waals surface area contributed by atoms with Crippen molar-refractivity contribution in [3.63, 3.8) is 0 Å². The maximum Gasteiger partial charge on any atom is 0.230 e. The van der Waals surface area contributed by atoms with Crippen LogP contribution in [0, 0.1) is 5.92 Å². The van der Waals surface area contributed by atoms with Crippen molar-refractivity contribution in [3.8, 4) is 0 Å². The molecule has 0 aliphatic heterocycles. The number of hydrogen-bond donors (Lipinski definition) is 1. The Labute approximate surface area is 100 Å². The molecule has 0 bridgehead atoms. The third-order valence-corrected chi connectivity index (χ3v) is 3.30. The summed E-state index contributed by atoms with van der Waals surface area (Å²) in [7, 11) is 3.39. The largest absolute Gasteiger partial charge is 0.369 e. The van der Waals surface area contributed by atoms with Crippen LogP contribution in [0.5, 0.6) is 0 Å². The summed E-state index contributed by atoms with van der Waals surface area (Å²) in [6.07, 6.45) is 0.565. The van der Waals surface area contributed by atoms with Gasteiger partial charge in [0.15, 0.2) is 0 Å². The van der Waals surface area contributed by atoms with E-state index in [-0.39, 0.29) is 5.91 Å². The molecule has 4 nitrogen and oxygen atoms in total. The van der Waals surface area contributed by atoms with E-state index >= 15 is 0 Å². The molecule has 0 fully saturated rings. The minimum Gasteiger partial charge on any atom is -0.369 e. The highest BCUT2D eigenvalue weighted by molar-refractivity contribution is 5.92. The molecule has 2 rings (SSSR count). The Kier molecular flexibility index (Phi) is 2.88. The smallest absolute Gasteiger partial charge is 0.230 e. The number of amides is 2. The van der Waals surface area contributed by atoms with Gasteiger partial charge in [0.05, 0.1) is 11.8 Å². The summed E-state index contributed by atoms with van der Waals surface area (Å²) in [5, 5.41) is 0. The molecule has 1 aliphatic carbocycles. The normalized spacial score (nSPS) is 22.0. The molecule has 0 saturated heterocycles. The Morgan fingerprint density at radius 3 is 2.53 bits per heavy atom. The van der Waals surface area contributed by atoms with Crippen LogP contribution in [0.3, 0.4) is 0 Å². The summed E-state index contributed by atoms with van der Waals surface area (Å²) < 4.78 is 0. The fraction of sp³-hybridized carbons (Fsp3) is 0.385. The Morgan fingerprint density at radius 1 is 1.29 bits per heavy atom. The molecule has 90 valence electrons. The van der Waals surface area contributed by atoms with Crippen molar-refractivity contribution in [2.75, 3.05) is 14.1 Å². The molecule has 17 heavy (non-hydrogen) atoms. The molecular formula is C13H16N2O2. The highest BCUT2D eigenvalue weighted by Gasteiger charge is 2.41. The van der Waals surface area contributed by atoms with Crippen LogP contribution in [0.2, 0.25) is 0 Å². The molecule has 2 atom stereocenters. The van der Waals surface area contributed by atoms with Crippen molar-refractivity contribution in [3.05, 3.63) is 35.4 Å². The maximum atomic E-state index is 12.1. The van der Waals surface area contributed by atoms with Gasteiger partial charge in [-0.25, -0.2) is 0 Å². The van der Waals surface area contributed by atoms with E-state index in [0.29, 0.717) is 6.42 Å². The van der Waals surface area contributed by atoms with Crippen molar-refractivity contribution < 1.29 is 9.59 Å². The molecule has 1 aliphatic rings. The second kappa shape index (κ2) is 4.20. The number of carbonyl (C=O) groups is 2. The van der Waals surface area contributed by atoms with Gasteiger partial charge in [-0.15, -0.1) is 0 Å². The number of primary amides is 1. The fourth-order valence-electron chi connectivity index (χ4n) is 2.44. The van der Waals surface area contributed by atoms with Crippen molar-refractivity contribution in [2.45, 2.75) is 12.3 Å². The maximum absolute atomic E-state index is 12.1. The van der Waals surface area contributed by atoms with Gasteiger partial charge in [-0.2, -0.15) is 0 Å². The average Bonchev–Trinajstić information content (AvgIpc) is 2.67. The summed E-state index contributed by atoms with van der Waals surface area (Å²) in [4.78, 5) is 25.1. The SMILES string of the molecule is CN(C)C(=O)[C@@H]1c2ccccc2C[C@H]1C(N)=O. The molecule has 0 spiro atoms. The van der Waals surface area contributed by atoms with Gasteiger partial charge in [-0.3, -0.25) is 9.59 Å². The van der Waals surface area contributed by atoms with Crippen LogP contribution in [-0.4, -0.2) is 30.8 Å². The molecule has 1 aromatic rings. The molecule has 0 unspecified atom stereocenters. The number of nitrogens with zero attached hydrogens (tertiary/aromatic N) is 1. The van der Waals surface area contributed by atoms with E-state index in [9.17, 15) is 9.59 Å².